The topological polar surface area (TPSA) is 41.8 Å². The van der Waals surface area contributed by atoms with Crippen LogP contribution in [0.3, 0.4) is 0 Å². The van der Waals surface area contributed by atoms with E-state index in [1.165, 1.54) is 11.1 Å². The van der Waals surface area contributed by atoms with Gasteiger partial charge in [0.05, 0.1) is 12.5 Å². The average Bonchev–Trinajstić information content (AvgIpc) is 3.23. The molecule has 1 aromatic carbocycles. The maximum absolute atomic E-state index is 5.20. The number of H-pyrrole nitrogens is 1. The Labute approximate surface area is 128 Å². The van der Waals surface area contributed by atoms with E-state index in [2.05, 4.69) is 47.2 Å². The molecule has 3 heterocycles. The summed E-state index contributed by atoms with van der Waals surface area (Å²) in [7, 11) is 0. The van der Waals surface area contributed by atoms with Gasteiger partial charge >= 0.3 is 0 Å². The van der Waals surface area contributed by atoms with Gasteiger partial charge < -0.3 is 9.40 Å². The Kier molecular flexibility index (Phi) is 3.04. The summed E-state index contributed by atoms with van der Waals surface area (Å²) in [6, 6.07) is 12.7. The molecule has 4 rings (SSSR count). The van der Waals surface area contributed by atoms with Crippen LogP contribution < -0.4 is 0 Å². The number of fused-ring (bicyclic) bond motifs is 1. The summed E-state index contributed by atoms with van der Waals surface area (Å²) in [5, 5.41) is 1.12. The number of hydrogen-bond donors (Lipinski definition) is 1. The summed E-state index contributed by atoms with van der Waals surface area (Å²) >= 11 is 0. The van der Waals surface area contributed by atoms with Crippen molar-refractivity contribution in [1.82, 2.24) is 9.97 Å². The molecule has 0 bridgehead atoms. The zero-order valence-electron chi connectivity index (χ0n) is 12.3. The molecular weight excluding hydrogens is 272 g/mol. The SMILES string of the molecule is CCc1ccccc1-c1cnc2[nH]cc(-c3ccoc3)c2c1. The molecule has 0 unspecified atom stereocenters. The third-order valence-corrected chi connectivity index (χ3v) is 4.07. The maximum Gasteiger partial charge on any atom is 0.137 e. The first-order valence-corrected chi connectivity index (χ1v) is 7.45. The quantitative estimate of drug-likeness (QED) is 0.573. The summed E-state index contributed by atoms with van der Waals surface area (Å²) in [4.78, 5) is 7.81. The molecule has 4 aromatic rings. The van der Waals surface area contributed by atoms with Gasteiger partial charge in [0.2, 0.25) is 0 Å². The van der Waals surface area contributed by atoms with E-state index in [4.69, 9.17) is 4.42 Å². The Morgan fingerprint density at radius 1 is 1.09 bits per heavy atom. The Hall–Kier alpha value is -2.81. The third kappa shape index (κ3) is 2.02. The zero-order valence-corrected chi connectivity index (χ0v) is 12.3. The number of nitrogens with one attached hydrogen (secondary N) is 1. The second-order valence-electron chi connectivity index (χ2n) is 5.35. The van der Waals surface area contributed by atoms with Gasteiger partial charge in [-0.3, -0.25) is 0 Å². The fourth-order valence-electron chi connectivity index (χ4n) is 2.92. The van der Waals surface area contributed by atoms with Crippen molar-refractivity contribution < 1.29 is 4.42 Å². The van der Waals surface area contributed by atoms with Crippen molar-refractivity contribution in [3.63, 3.8) is 0 Å². The number of rotatable bonds is 3. The monoisotopic (exact) mass is 288 g/mol. The van der Waals surface area contributed by atoms with Crippen LogP contribution in [0.15, 0.2) is 65.7 Å². The van der Waals surface area contributed by atoms with Crippen molar-refractivity contribution in [3.8, 4) is 22.3 Å². The molecule has 3 aromatic heterocycles. The van der Waals surface area contributed by atoms with Gasteiger partial charge in [-0.25, -0.2) is 4.98 Å². The Balaban J connectivity index is 1.92. The number of hydrogen-bond acceptors (Lipinski definition) is 2. The molecule has 0 atom stereocenters. The molecule has 1 N–H and O–H groups in total. The average molecular weight is 288 g/mol. The standard InChI is InChI=1S/C19H16N2O/c1-2-13-5-3-4-6-16(13)15-9-17-18(14-7-8-22-12-14)11-21-19(17)20-10-15/h3-12H,2H2,1H3,(H,20,21). The molecule has 0 radical (unpaired) electrons. The largest absolute Gasteiger partial charge is 0.472 e. The summed E-state index contributed by atoms with van der Waals surface area (Å²) in [5.74, 6) is 0. The van der Waals surface area contributed by atoms with Crippen LogP contribution in [0.4, 0.5) is 0 Å². The lowest BCUT2D eigenvalue weighted by atomic mass is 9.98. The van der Waals surface area contributed by atoms with Crippen LogP contribution in [0.25, 0.3) is 33.3 Å². The molecule has 22 heavy (non-hydrogen) atoms. The van der Waals surface area contributed by atoms with E-state index in [1.54, 1.807) is 12.5 Å². The highest BCUT2D eigenvalue weighted by Gasteiger charge is 2.11. The first-order chi connectivity index (χ1) is 10.9. The molecule has 0 saturated carbocycles. The lowest BCUT2D eigenvalue weighted by Crippen LogP contribution is -1.88. The van der Waals surface area contributed by atoms with Crippen LogP contribution in [-0.4, -0.2) is 9.97 Å². The Bertz CT molecular complexity index is 920. The molecule has 0 saturated heterocycles. The summed E-state index contributed by atoms with van der Waals surface area (Å²) in [6.45, 7) is 2.18. The van der Waals surface area contributed by atoms with E-state index in [1.807, 2.05) is 18.5 Å². The fourth-order valence-corrected chi connectivity index (χ4v) is 2.92. The van der Waals surface area contributed by atoms with Crippen molar-refractivity contribution in [2.75, 3.05) is 0 Å². The number of pyridine rings is 1. The first kappa shape index (κ1) is 12.9. The minimum Gasteiger partial charge on any atom is -0.472 e. The van der Waals surface area contributed by atoms with Gasteiger partial charge in [-0.1, -0.05) is 31.2 Å². The smallest absolute Gasteiger partial charge is 0.137 e. The normalized spacial score (nSPS) is 11.1. The van der Waals surface area contributed by atoms with Crippen LogP contribution in [0.5, 0.6) is 0 Å². The molecule has 0 amide bonds. The van der Waals surface area contributed by atoms with Gasteiger partial charge in [-0.2, -0.15) is 0 Å². The van der Waals surface area contributed by atoms with Crippen LogP contribution in [0, 0.1) is 0 Å². The molecule has 0 spiro atoms. The highest BCUT2D eigenvalue weighted by Crippen LogP contribution is 2.32. The van der Waals surface area contributed by atoms with Gasteiger partial charge in [0.1, 0.15) is 5.65 Å². The van der Waals surface area contributed by atoms with Crippen LogP contribution in [0.1, 0.15) is 12.5 Å². The molecular formula is C19H16N2O. The number of aromatic nitrogens is 2. The predicted octanol–water partition coefficient (Wildman–Crippen LogP) is 5.05. The van der Waals surface area contributed by atoms with Crippen molar-refractivity contribution in [2.45, 2.75) is 13.3 Å². The van der Waals surface area contributed by atoms with Gasteiger partial charge in [0, 0.05) is 34.5 Å². The summed E-state index contributed by atoms with van der Waals surface area (Å²) in [5.41, 5.74) is 6.81. The van der Waals surface area contributed by atoms with Gasteiger partial charge in [0.25, 0.3) is 0 Å². The van der Waals surface area contributed by atoms with Crippen molar-refractivity contribution >= 4 is 11.0 Å². The highest BCUT2D eigenvalue weighted by atomic mass is 16.3. The Morgan fingerprint density at radius 3 is 2.82 bits per heavy atom. The third-order valence-electron chi connectivity index (χ3n) is 4.07. The molecule has 0 aliphatic carbocycles. The zero-order chi connectivity index (χ0) is 14.9. The van der Waals surface area contributed by atoms with Crippen LogP contribution in [0.2, 0.25) is 0 Å². The van der Waals surface area contributed by atoms with Crippen LogP contribution >= 0.6 is 0 Å². The van der Waals surface area contributed by atoms with Gasteiger partial charge in [-0.15, -0.1) is 0 Å². The molecule has 3 nitrogen and oxygen atoms in total. The minimum atomic E-state index is 0.897. The van der Waals surface area contributed by atoms with E-state index in [0.29, 0.717) is 0 Å². The first-order valence-electron chi connectivity index (χ1n) is 7.45. The van der Waals surface area contributed by atoms with E-state index in [9.17, 15) is 0 Å². The second-order valence-corrected chi connectivity index (χ2v) is 5.35. The van der Waals surface area contributed by atoms with Crippen molar-refractivity contribution in [2.24, 2.45) is 0 Å². The van der Waals surface area contributed by atoms with Crippen LogP contribution in [-0.2, 0) is 6.42 Å². The minimum absolute atomic E-state index is 0.897. The number of benzene rings is 1. The number of aromatic amines is 1. The Morgan fingerprint density at radius 2 is 2.00 bits per heavy atom. The molecule has 0 aliphatic rings. The van der Waals surface area contributed by atoms with E-state index >= 15 is 0 Å². The van der Waals surface area contributed by atoms with Crippen molar-refractivity contribution in [1.29, 1.82) is 0 Å². The fraction of sp³-hybridized carbons (Fsp3) is 0.105. The van der Waals surface area contributed by atoms with Crippen molar-refractivity contribution in [3.05, 3.63) is 66.9 Å². The molecule has 0 aliphatic heterocycles. The maximum atomic E-state index is 5.20. The predicted molar refractivity (Wildman–Crippen MR) is 88.6 cm³/mol. The molecule has 108 valence electrons. The second kappa shape index (κ2) is 5.19. The molecule has 0 fully saturated rings. The highest BCUT2D eigenvalue weighted by molar-refractivity contribution is 5.95. The number of aryl methyl sites for hydroxylation is 1. The van der Waals surface area contributed by atoms with E-state index in [0.717, 1.165) is 34.1 Å². The van der Waals surface area contributed by atoms with E-state index < -0.39 is 0 Å². The van der Waals surface area contributed by atoms with E-state index in [-0.39, 0.29) is 0 Å². The summed E-state index contributed by atoms with van der Waals surface area (Å²) in [6.07, 6.45) is 8.38. The summed E-state index contributed by atoms with van der Waals surface area (Å²) < 4.78 is 5.20. The van der Waals surface area contributed by atoms with Gasteiger partial charge in [-0.05, 0) is 29.7 Å². The number of nitrogens with zero attached hydrogens (tertiary/aromatic N) is 1. The molecule has 3 heteroatoms. The van der Waals surface area contributed by atoms with Gasteiger partial charge in [0.15, 0.2) is 0 Å². The number of furan rings is 1. The lowest BCUT2D eigenvalue weighted by molar-refractivity contribution is 0.568. The lowest BCUT2D eigenvalue weighted by Gasteiger charge is -2.08.